The molecule has 0 aromatic heterocycles. The van der Waals surface area contributed by atoms with Crippen LogP contribution in [0.1, 0.15) is 53.4 Å². The zero-order valence-corrected chi connectivity index (χ0v) is 11.3. The van der Waals surface area contributed by atoms with Crippen LogP contribution in [0.25, 0.3) is 0 Å². The molecule has 98 valence electrons. The topological polar surface area (TPSA) is 46.5 Å². The van der Waals surface area contributed by atoms with E-state index in [-0.39, 0.29) is 17.5 Å². The molecule has 0 aromatic carbocycles. The molecular formula is C14H24O3. The number of allylic oxidation sites excluding steroid dienone is 1. The van der Waals surface area contributed by atoms with Crippen molar-refractivity contribution in [3.05, 3.63) is 11.6 Å². The Hall–Kier alpha value is -0.830. The van der Waals surface area contributed by atoms with Gasteiger partial charge in [-0.15, -0.1) is 0 Å². The van der Waals surface area contributed by atoms with E-state index in [0.717, 1.165) is 25.7 Å². The Kier molecular flexibility index (Phi) is 4.75. The van der Waals surface area contributed by atoms with E-state index in [1.165, 1.54) is 0 Å². The fourth-order valence-corrected chi connectivity index (χ4v) is 2.15. The Balaban J connectivity index is 2.56. The molecule has 17 heavy (non-hydrogen) atoms. The molecule has 0 amide bonds. The third-order valence-electron chi connectivity index (χ3n) is 2.90. The largest absolute Gasteiger partial charge is 0.456 e. The summed E-state index contributed by atoms with van der Waals surface area (Å²) >= 11 is 0. The van der Waals surface area contributed by atoms with E-state index in [2.05, 4.69) is 0 Å². The maximum absolute atomic E-state index is 11.8. The summed E-state index contributed by atoms with van der Waals surface area (Å²) in [5.74, 6) is -0.300. The molecule has 0 saturated heterocycles. The van der Waals surface area contributed by atoms with Crippen LogP contribution in [0.3, 0.4) is 0 Å². The first-order valence-electron chi connectivity index (χ1n) is 6.38. The summed E-state index contributed by atoms with van der Waals surface area (Å²) in [6, 6.07) is 0. The first-order chi connectivity index (χ1) is 7.79. The lowest BCUT2D eigenvalue weighted by atomic mass is 9.93. The normalized spacial score (nSPS) is 26.8. The Bertz CT molecular complexity index is 299. The first-order valence-corrected chi connectivity index (χ1v) is 6.38. The van der Waals surface area contributed by atoms with Gasteiger partial charge in [0.15, 0.2) is 0 Å². The van der Waals surface area contributed by atoms with E-state index in [1.807, 2.05) is 26.8 Å². The van der Waals surface area contributed by atoms with E-state index in [4.69, 9.17) is 4.74 Å². The van der Waals surface area contributed by atoms with Crippen molar-refractivity contribution >= 4 is 5.97 Å². The number of carbonyl (C=O) groups is 1. The summed E-state index contributed by atoms with van der Waals surface area (Å²) in [7, 11) is 0. The summed E-state index contributed by atoms with van der Waals surface area (Å²) in [6.07, 6.45) is 4.65. The lowest BCUT2D eigenvalue weighted by molar-refractivity contribution is -0.152. The monoisotopic (exact) mass is 240 g/mol. The van der Waals surface area contributed by atoms with Crippen LogP contribution in [-0.2, 0) is 9.53 Å². The van der Waals surface area contributed by atoms with E-state index in [0.29, 0.717) is 5.57 Å². The molecule has 1 aliphatic rings. The third-order valence-corrected chi connectivity index (χ3v) is 2.90. The molecule has 1 fully saturated rings. The molecule has 0 spiro atoms. The van der Waals surface area contributed by atoms with E-state index in [9.17, 15) is 9.90 Å². The van der Waals surface area contributed by atoms with Crippen LogP contribution in [0.4, 0.5) is 0 Å². The van der Waals surface area contributed by atoms with Crippen molar-refractivity contribution in [2.24, 2.45) is 5.41 Å². The molecule has 1 N–H and O–H groups in total. The molecule has 0 radical (unpaired) electrons. The highest BCUT2D eigenvalue weighted by atomic mass is 16.6. The summed E-state index contributed by atoms with van der Waals surface area (Å²) in [5.41, 5.74) is 0.587. The molecule has 3 nitrogen and oxygen atoms in total. The average Bonchev–Trinajstić information content (AvgIpc) is 2.18. The molecule has 1 saturated carbocycles. The van der Waals surface area contributed by atoms with Crippen LogP contribution in [0.15, 0.2) is 11.6 Å². The molecule has 0 aromatic rings. The lowest BCUT2D eigenvalue weighted by Crippen LogP contribution is -2.34. The minimum absolute atomic E-state index is 0.0334. The van der Waals surface area contributed by atoms with Crippen molar-refractivity contribution in [1.82, 2.24) is 0 Å². The van der Waals surface area contributed by atoms with Crippen LogP contribution in [0.2, 0.25) is 0 Å². The maximum atomic E-state index is 11.8. The number of hydrogen-bond donors (Lipinski definition) is 1. The fourth-order valence-electron chi connectivity index (χ4n) is 2.15. The van der Waals surface area contributed by atoms with Gasteiger partial charge in [0.05, 0.1) is 6.10 Å². The number of hydrogen-bond acceptors (Lipinski definition) is 3. The highest BCUT2D eigenvalue weighted by Crippen LogP contribution is 2.23. The van der Waals surface area contributed by atoms with Crippen molar-refractivity contribution in [1.29, 1.82) is 0 Å². The van der Waals surface area contributed by atoms with Gasteiger partial charge < -0.3 is 9.84 Å². The van der Waals surface area contributed by atoms with Crippen molar-refractivity contribution in [3.8, 4) is 0 Å². The zero-order chi connectivity index (χ0) is 13.1. The Morgan fingerprint density at radius 2 is 1.88 bits per heavy atom. The summed E-state index contributed by atoms with van der Waals surface area (Å²) < 4.78 is 5.35. The molecule has 0 aliphatic heterocycles. The second-order valence-electron chi connectivity index (χ2n) is 5.99. The van der Waals surface area contributed by atoms with E-state index in [1.54, 1.807) is 6.92 Å². The number of aliphatic hydroxyl groups is 1. The molecule has 1 aliphatic carbocycles. The van der Waals surface area contributed by atoms with Gasteiger partial charge in [0.2, 0.25) is 0 Å². The average molecular weight is 240 g/mol. The number of aliphatic hydroxyl groups excluding tert-OH is 1. The van der Waals surface area contributed by atoms with Crippen LogP contribution >= 0.6 is 0 Å². The standard InChI is InChI=1S/C14H24O3/c1-10(9-14(2,3)4)13(16)17-12-8-6-5-7-11(12)15/h9,11-12,15H,5-8H2,1-4H3. The molecule has 2 atom stereocenters. The number of carbonyl (C=O) groups excluding carboxylic acids is 1. The van der Waals surface area contributed by atoms with Gasteiger partial charge in [-0.1, -0.05) is 33.3 Å². The summed E-state index contributed by atoms with van der Waals surface area (Å²) in [6.45, 7) is 7.89. The SMILES string of the molecule is CC(=CC(C)(C)C)C(=O)OC1CCCCC1O. The first kappa shape index (κ1) is 14.2. The van der Waals surface area contributed by atoms with Crippen molar-refractivity contribution in [3.63, 3.8) is 0 Å². The lowest BCUT2D eigenvalue weighted by Gasteiger charge is -2.27. The smallest absolute Gasteiger partial charge is 0.333 e. The minimum atomic E-state index is -0.491. The highest BCUT2D eigenvalue weighted by Gasteiger charge is 2.27. The highest BCUT2D eigenvalue weighted by molar-refractivity contribution is 5.88. The van der Waals surface area contributed by atoms with Gasteiger partial charge >= 0.3 is 5.97 Å². The third kappa shape index (κ3) is 4.90. The van der Waals surface area contributed by atoms with E-state index >= 15 is 0 Å². The van der Waals surface area contributed by atoms with Crippen LogP contribution in [0, 0.1) is 5.41 Å². The minimum Gasteiger partial charge on any atom is -0.456 e. The number of esters is 1. The summed E-state index contributed by atoms with van der Waals surface area (Å²) in [5, 5.41) is 9.74. The Morgan fingerprint density at radius 1 is 1.29 bits per heavy atom. The van der Waals surface area contributed by atoms with Gasteiger partial charge in [-0.3, -0.25) is 0 Å². The number of ether oxygens (including phenoxy) is 1. The van der Waals surface area contributed by atoms with Crippen LogP contribution in [-0.4, -0.2) is 23.3 Å². The molecular weight excluding hydrogens is 216 g/mol. The second kappa shape index (κ2) is 5.67. The molecule has 0 bridgehead atoms. The summed E-state index contributed by atoms with van der Waals surface area (Å²) in [4.78, 5) is 11.8. The maximum Gasteiger partial charge on any atom is 0.333 e. The van der Waals surface area contributed by atoms with Crippen molar-refractivity contribution < 1.29 is 14.6 Å². The van der Waals surface area contributed by atoms with Gasteiger partial charge in [0, 0.05) is 5.57 Å². The quantitative estimate of drug-likeness (QED) is 0.596. The molecule has 2 unspecified atom stereocenters. The van der Waals surface area contributed by atoms with Gasteiger partial charge in [-0.25, -0.2) is 4.79 Å². The predicted molar refractivity (Wildman–Crippen MR) is 67.6 cm³/mol. The fraction of sp³-hybridized carbons (Fsp3) is 0.786. The van der Waals surface area contributed by atoms with Crippen LogP contribution < -0.4 is 0 Å². The van der Waals surface area contributed by atoms with Gasteiger partial charge in [0.25, 0.3) is 0 Å². The van der Waals surface area contributed by atoms with E-state index < -0.39 is 6.10 Å². The molecule has 1 rings (SSSR count). The second-order valence-corrected chi connectivity index (χ2v) is 5.99. The molecule has 3 heteroatoms. The Morgan fingerprint density at radius 3 is 2.41 bits per heavy atom. The zero-order valence-electron chi connectivity index (χ0n) is 11.3. The predicted octanol–water partition coefficient (Wildman–Crippen LogP) is 2.83. The van der Waals surface area contributed by atoms with Crippen molar-refractivity contribution in [2.75, 3.05) is 0 Å². The molecule has 0 heterocycles. The van der Waals surface area contributed by atoms with Gasteiger partial charge in [-0.2, -0.15) is 0 Å². The van der Waals surface area contributed by atoms with Crippen molar-refractivity contribution in [2.45, 2.75) is 65.6 Å². The number of rotatable bonds is 2. The van der Waals surface area contributed by atoms with Gasteiger partial charge in [0.1, 0.15) is 6.10 Å². The van der Waals surface area contributed by atoms with Gasteiger partial charge in [-0.05, 0) is 31.6 Å². The Labute approximate surface area is 104 Å². The van der Waals surface area contributed by atoms with Crippen LogP contribution in [0.5, 0.6) is 0 Å².